The minimum Gasteiger partial charge on any atom is -0.461 e. The average Bonchev–Trinajstić information content (AvgIpc) is 3.61. The number of hydrogen-bond acceptors (Lipinski definition) is 9. The lowest BCUT2D eigenvalue weighted by Crippen LogP contribution is -2.43. The summed E-state index contributed by atoms with van der Waals surface area (Å²) in [5, 5.41) is 9.41. The number of fused-ring (bicyclic) bond motifs is 3. The molecule has 242 valence electrons. The number of benzene rings is 2. The van der Waals surface area contributed by atoms with Gasteiger partial charge in [-0.1, -0.05) is 17.8 Å². The van der Waals surface area contributed by atoms with Crippen LogP contribution in [-0.4, -0.2) is 64.3 Å². The van der Waals surface area contributed by atoms with E-state index in [0.717, 1.165) is 42.4 Å². The van der Waals surface area contributed by atoms with Crippen LogP contribution in [0.25, 0.3) is 32.2 Å². The Kier molecular flexibility index (Phi) is 7.63. The Labute approximate surface area is 263 Å². The zero-order valence-electron chi connectivity index (χ0n) is 24.5. The lowest BCUT2D eigenvalue weighted by molar-refractivity contribution is -0.137. The number of nitrogen functional groups attached to an aromatic ring is 1. The summed E-state index contributed by atoms with van der Waals surface area (Å²) in [7, 11) is 0. The van der Waals surface area contributed by atoms with Crippen LogP contribution in [0.15, 0.2) is 18.2 Å². The summed E-state index contributed by atoms with van der Waals surface area (Å²) in [6.45, 7) is 1.55. The van der Waals surface area contributed by atoms with Crippen LogP contribution in [0.2, 0.25) is 0 Å². The number of anilines is 2. The largest absolute Gasteiger partial charge is 0.461 e. The Morgan fingerprint density at radius 3 is 2.70 bits per heavy atom. The predicted molar refractivity (Wildman–Crippen MR) is 161 cm³/mol. The zero-order valence-corrected chi connectivity index (χ0v) is 25.3. The SMILES string of the molecule is N#CC1CCCCN(c2nc(OC[C@@]34CCCN3C[C@H](F)C4)nc3c(F)c(-c4ccc(F)c5sc(N)nc45)c(C(F)(F)F)cc23)C1. The molecule has 3 atom stereocenters. The molecule has 0 aliphatic carbocycles. The molecule has 8 nitrogen and oxygen atoms in total. The second-order valence-corrected chi connectivity index (χ2v) is 13.3. The van der Waals surface area contributed by atoms with Crippen molar-refractivity contribution in [1.82, 2.24) is 19.9 Å². The van der Waals surface area contributed by atoms with Gasteiger partial charge in [0, 0.05) is 42.6 Å². The highest BCUT2D eigenvalue weighted by molar-refractivity contribution is 7.22. The van der Waals surface area contributed by atoms with Crippen LogP contribution >= 0.6 is 11.3 Å². The minimum absolute atomic E-state index is 0.0100. The summed E-state index contributed by atoms with van der Waals surface area (Å²) >= 11 is 0.743. The molecule has 0 spiro atoms. The third kappa shape index (κ3) is 5.25. The summed E-state index contributed by atoms with van der Waals surface area (Å²) in [6.07, 6.45) is -2.29. The Bertz CT molecular complexity index is 1880. The van der Waals surface area contributed by atoms with Crippen LogP contribution in [0.5, 0.6) is 6.01 Å². The second-order valence-electron chi connectivity index (χ2n) is 12.3. The summed E-state index contributed by atoms with van der Waals surface area (Å²) in [5.41, 5.74) is 2.09. The van der Waals surface area contributed by atoms with E-state index in [2.05, 4.69) is 21.0 Å². The predicted octanol–water partition coefficient (Wildman–Crippen LogP) is 6.87. The number of halogens is 6. The molecule has 7 rings (SSSR count). The standard InChI is InChI=1S/C31H29F6N7OS/c32-17-11-30(7-3-9-44(30)14-17)15-45-29-41-24-19(27(42-29)43-8-2-1-4-16(12-38)13-43)10-20(31(35,36)37)22(23(24)34)18-5-6-21(33)26-25(18)40-28(39)46-26/h5-6,10,16-17H,1-4,7-9,11,13-15H2,(H2,39,40)/t16?,17-,30+/m1/s1. The van der Waals surface area contributed by atoms with Crippen LogP contribution in [-0.2, 0) is 6.18 Å². The molecule has 2 aromatic carbocycles. The smallest absolute Gasteiger partial charge is 0.417 e. The molecule has 4 aromatic rings. The molecule has 15 heteroatoms. The fourth-order valence-electron chi connectivity index (χ4n) is 7.26. The summed E-state index contributed by atoms with van der Waals surface area (Å²) in [4.78, 5) is 16.6. The number of nitrogens with zero attached hydrogens (tertiary/aromatic N) is 6. The van der Waals surface area contributed by atoms with E-state index in [4.69, 9.17) is 10.5 Å². The number of thiazole rings is 1. The van der Waals surface area contributed by atoms with E-state index in [1.165, 1.54) is 0 Å². The monoisotopic (exact) mass is 661 g/mol. The molecule has 3 aliphatic rings. The molecular weight excluding hydrogens is 632 g/mol. The van der Waals surface area contributed by atoms with Gasteiger partial charge in [-0.25, -0.2) is 18.2 Å². The molecule has 3 saturated heterocycles. The molecule has 5 heterocycles. The number of ether oxygens (including phenoxy) is 1. The Balaban J connectivity index is 1.44. The van der Waals surface area contributed by atoms with Crippen LogP contribution in [0.4, 0.5) is 37.3 Å². The molecule has 0 radical (unpaired) electrons. The van der Waals surface area contributed by atoms with E-state index in [9.17, 15) is 27.2 Å². The third-order valence-corrected chi connectivity index (χ3v) is 10.3. The van der Waals surface area contributed by atoms with Gasteiger partial charge in [0.15, 0.2) is 10.9 Å². The van der Waals surface area contributed by atoms with Crippen molar-refractivity contribution in [2.45, 2.75) is 56.4 Å². The van der Waals surface area contributed by atoms with Gasteiger partial charge in [0.05, 0.1) is 33.3 Å². The topological polar surface area (TPSA) is 104 Å². The molecule has 2 aromatic heterocycles. The van der Waals surface area contributed by atoms with Crippen LogP contribution in [0, 0.1) is 28.9 Å². The lowest BCUT2D eigenvalue weighted by atomic mass is 9.95. The highest BCUT2D eigenvalue weighted by atomic mass is 32.1. The van der Waals surface area contributed by atoms with Gasteiger partial charge in [-0.3, -0.25) is 4.90 Å². The summed E-state index contributed by atoms with van der Waals surface area (Å²) < 4.78 is 96.1. The molecule has 2 N–H and O–H groups in total. The van der Waals surface area contributed by atoms with Crippen molar-refractivity contribution in [2.75, 3.05) is 43.4 Å². The van der Waals surface area contributed by atoms with Crippen molar-refractivity contribution < 1.29 is 31.1 Å². The lowest BCUT2D eigenvalue weighted by Gasteiger charge is -2.31. The highest BCUT2D eigenvalue weighted by Gasteiger charge is 2.49. The maximum atomic E-state index is 16.8. The third-order valence-electron chi connectivity index (χ3n) is 9.36. The van der Waals surface area contributed by atoms with E-state index in [1.807, 2.05) is 4.90 Å². The first-order valence-electron chi connectivity index (χ1n) is 15.1. The van der Waals surface area contributed by atoms with Gasteiger partial charge < -0.3 is 15.4 Å². The number of nitriles is 1. The van der Waals surface area contributed by atoms with Crippen molar-refractivity contribution in [3.8, 4) is 23.2 Å². The fraction of sp³-hybridized carbons (Fsp3) is 0.484. The van der Waals surface area contributed by atoms with E-state index in [1.54, 1.807) is 4.90 Å². The number of rotatable bonds is 5. The molecule has 3 fully saturated rings. The Morgan fingerprint density at radius 1 is 1.09 bits per heavy atom. The van der Waals surface area contributed by atoms with E-state index >= 15 is 4.39 Å². The average molecular weight is 662 g/mol. The maximum Gasteiger partial charge on any atom is 0.417 e. The molecule has 0 bridgehead atoms. The number of nitrogens with two attached hydrogens (primary N) is 1. The van der Waals surface area contributed by atoms with Crippen LogP contribution < -0.4 is 15.4 Å². The first-order valence-corrected chi connectivity index (χ1v) is 15.9. The molecule has 46 heavy (non-hydrogen) atoms. The van der Waals surface area contributed by atoms with E-state index in [0.29, 0.717) is 32.4 Å². The van der Waals surface area contributed by atoms with Crippen molar-refractivity contribution in [2.24, 2.45) is 5.92 Å². The van der Waals surface area contributed by atoms with E-state index in [-0.39, 0.29) is 64.2 Å². The summed E-state index contributed by atoms with van der Waals surface area (Å²) in [5.74, 6) is -2.47. The first-order chi connectivity index (χ1) is 22.0. The normalized spacial score (nSPS) is 24.0. The van der Waals surface area contributed by atoms with Crippen molar-refractivity contribution >= 4 is 43.4 Å². The van der Waals surface area contributed by atoms with Gasteiger partial charge in [0.25, 0.3) is 0 Å². The quantitative estimate of drug-likeness (QED) is 0.231. The van der Waals surface area contributed by atoms with Gasteiger partial charge in [-0.15, -0.1) is 0 Å². The molecular formula is C31H29F6N7OS. The van der Waals surface area contributed by atoms with E-state index < -0.39 is 52.1 Å². The van der Waals surface area contributed by atoms with Crippen LogP contribution in [0.1, 0.15) is 44.1 Å². The minimum atomic E-state index is -5.04. The Hall–Kier alpha value is -3.90. The molecule has 0 saturated carbocycles. The molecule has 3 aliphatic heterocycles. The second kappa shape index (κ2) is 11.4. The van der Waals surface area contributed by atoms with Gasteiger partial charge in [0.2, 0.25) is 0 Å². The molecule has 0 amide bonds. The van der Waals surface area contributed by atoms with Gasteiger partial charge in [-0.05, 0) is 50.4 Å². The number of aromatic nitrogens is 3. The summed E-state index contributed by atoms with van der Waals surface area (Å²) in [6, 6.07) is 4.76. The van der Waals surface area contributed by atoms with Gasteiger partial charge in [-0.2, -0.15) is 28.4 Å². The van der Waals surface area contributed by atoms with Crippen molar-refractivity contribution in [3.63, 3.8) is 0 Å². The van der Waals surface area contributed by atoms with Gasteiger partial charge >= 0.3 is 12.2 Å². The fourth-order valence-corrected chi connectivity index (χ4v) is 8.03. The van der Waals surface area contributed by atoms with Crippen molar-refractivity contribution in [1.29, 1.82) is 5.26 Å². The van der Waals surface area contributed by atoms with Crippen LogP contribution in [0.3, 0.4) is 0 Å². The highest BCUT2D eigenvalue weighted by Crippen LogP contribution is 2.46. The zero-order chi connectivity index (χ0) is 32.4. The van der Waals surface area contributed by atoms with Gasteiger partial charge in [0.1, 0.15) is 29.9 Å². The Morgan fingerprint density at radius 2 is 1.91 bits per heavy atom. The maximum absolute atomic E-state index is 16.8. The molecule has 1 unspecified atom stereocenters. The number of hydrogen-bond donors (Lipinski definition) is 1. The first kappa shape index (κ1) is 30.7. The van der Waals surface area contributed by atoms with Crippen molar-refractivity contribution in [3.05, 3.63) is 35.4 Å². The number of alkyl halides is 4.